The Morgan fingerprint density at radius 1 is 1.11 bits per heavy atom. The summed E-state index contributed by atoms with van der Waals surface area (Å²) in [5, 5.41) is 0.178. The van der Waals surface area contributed by atoms with E-state index in [1.54, 1.807) is 0 Å². The van der Waals surface area contributed by atoms with E-state index in [2.05, 4.69) is 40.4 Å². The standard InChI is InChI=1S/C12H26O2Si.C6H12O2.C2H5ClS.CH4/c1-10(13-11(2,3)4)14-15(8,9)12(5,6)7;1-5(7)8-6(2,3)4;1-2-4-3;/h1H2,2-9H3;1-4H3;2H2,1H3;1H4/i;;1TD;. The number of hydrogen-bond acceptors (Lipinski definition) is 5. The Bertz CT molecular complexity index is 483. The van der Waals surface area contributed by atoms with Crippen LogP contribution in [0.2, 0.25) is 18.1 Å². The van der Waals surface area contributed by atoms with Crippen molar-refractivity contribution < 1.29 is 21.4 Å². The van der Waals surface area contributed by atoms with E-state index in [9.17, 15) is 4.79 Å². The van der Waals surface area contributed by atoms with Gasteiger partial charge in [0.1, 0.15) is 11.2 Å². The predicted molar refractivity (Wildman–Crippen MR) is 130 cm³/mol. The van der Waals surface area contributed by atoms with Crippen LogP contribution in [0, 0.1) is 0 Å². The number of halogens is 1. The molecular weight excluding hydrogens is 412 g/mol. The number of ether oxygens (including phenoxy) is 2. The second-order valence-corrected chi connectivity index (χ2v) is 15.4. The van der Waals surface area contributed by atoms with Gasteiger partial charge in [0.05, 0.1) is 0 Å². The van der Waals surface area contributed by atoms with Crippen molar-refractivity contribution >= 4 is 35.9 Å². The molecular formula is C21H47ClO4SSi. The minimum Gasteiger partial charge on any atom is -0.519 e. The van der Waals surface area contributed by atoms with Crippen molar-refractivity contribution in [2.75, 3.05) is 5.75 Å². The van der Waals surface area contributed by atoms with E-state index in [0.717, 1.165) is 11.0 Å². The minimum atomic E-state index is -1.79. The van der Waals surface area contributed by atoms with Crippen LogP contribution >= 0.6 is 21.7 Å². The Labute approximate surface area is 188 Å². The molecule has 7 heteroatoms. The van der Waals surface area contributed by atoms with Gasteiger partial charge in [0.2, 0.25) is 0 Å². The number of carbonyl (C=O) groups is 1. The Morgan fingerprint density at radius 2 is 1.50 bits per heavy atom. The first-order valence-corrected chi connectivity index (χ1v) is 13.6. The lowest BCUT2D eigenvalue weighted by molar-refractivity contribution is -0.151. The lowest BCUT2D eigenvalue weighted by Gasteiger charge is -2.37. The molecule has 0 aliphatic heterocycles. The van der Waals surface area contributed by atoms with Crippen molar-refractivity contribution in [1.29, 1.82) is 0 Å². The molecule has 0 radical (unpaired) electrons. The lowest BCUT2D eigenvalue weighted by atomic mass is 10.2. The van der Waals surface area contributed by atoms with E-state index in [1.165, 1.54) is 6.92 Å². The summed E-state index contributed by atoms with van der Waals surface area (Å²) < 4.78 is 29.4. The summed E-state index contributed by atoms with van der Waals surface area (Å²) >= 11 is 0. The molecule has 0 aliphatic rings. The quantitative estimate of drug-likeness (QED) is 0.240. The molecule has 0 rings (SSSR count). The first-order valence-electron chi connectivity index (χ1n) is 10.0. The average molecular weight is 462 g/mol. The molecule has 0 aromatic carbocycles. The van der Waals surface area contributed by atoms with Crippen LogP contribution in [0.1, 0.15) is 86.3 Å². The molecule has 0 aromatic heterocycles. The monoisotopic (exact) mass is 461 g/mol. The Kier molecular flexibility index (Phi) is 15.6. The molecule has 4 nitrogen and oxygen atoms in total. The lowest BCUT2D eigenvalue weighted by Crippen LogP contribution is -2.41. The van der Waals surface area contributed by atoms with Crippen LogP contribution in [0.5, 0.6) is 0 Å². The molecule has 172 valence electrons. The number of hydrogen-bond donors (Lipinski definition) is 0. The third kappa shape index (κ3) is 25.7. The zero-order chi connectivity index (χ0) is 24.3. The van der Waals surface area contributed by atoms with Crippen molar-refractivity contribution in [2.45, 2.75) is 113 Å². The Balaban J connectivity index is -0.000000190. The van der Waals surface area contributed by atoms with Gasteiger partial charge in [-0.1, -0.05) is 46.0 Å². The van der Waals surface area contributed by atoms with Gasteiger partial charge in [-0.3, -0.25) is 4.79 Å². The summed E-state index contributed by atoms with van der Waals surface area (Å²) in [6.45, 7) is 26.9. The average Bonchev–Trinajstić information content (AvgIpc) is 2.31. The van der Waals surface area contributed by atoms with Crippen LogP contribution in [-0.4, -0.2) is 31.2 Å². The first kappa shape index (κ1) is 29.9. The molecule has 0 saturated heterocycles. The normalized spacial score (nSPS) is 13.6. The van der Waals surface area contributed by atoms with Crippen molar-refractivity contribution in [3.05, 3.63) is 12.5 Å². The fraction of sp³-hybridized carbons (Fsp3) is 0.857. The number of carbonyl (C=O) groups excluding carboxylic acids is 1. The van der Waals surface area contributed by atoms with Crippen LogP contribution in [-0.2, 0) is 18.7 Å². The van der Waals surface area contributed by atoms with Crippen LogP contribution in [0.4, 0.5) is 0 Å². The largest absolute Gasteiger partial charge is 0.519 e. The fourth-order valence-electron chi connectivity index (χ4n) is 1.23. The summed E-state index contributed by atoms with van der Waals surface area (Å²) in [6, 6.07) is 0. The van der Waals surface area contributed by atoms with Gasteiger partial charge < -0.3 is 13.9 Å². The zero-order valence-corrected chi connectivity index (χ0v) is 22.0. The van der Waals surface area contributed by atoms with Gasteiger partial charge in [0.25, 0.3) is 14.3 Å². The van der Waals surface area contributed by atoms with Crippen molar-refractivity contribution in [1.82, 2.24) is 0 Å². The van der Waals surface area contributed by atoms with E-state index in [-0.39, 0.29) is 29.6 Å². The molecule has 0 spiro atoms. The molecule has 1 unspecified atom stereocenters. The fourth-order valence-corrected chi connectivity index (χ4v) is 2.15. The number of rotatable bonds is 4. The predicted octanol–water partition coefficient (Wildman–Crippen LogP) is 8.17. The maximum Gasteiger partial charge on any atom is 0.303 e. The Morgan fingerprint density at radius 3 is 1.64 bits per heavy atom. The molecule has 0 bridgehead atoms. The van der Waals surface area contributed by atoms with Crippen LogP contribution in [0.15, 0.2) is 12.5 Å². The smallest absolute Gasteiger partial charge is 0.303 e. The second kappa shape index (κ2) is 14.6. The minimum absolute atomic E-state index is 0. The van der Waals surface area contributed by atoms with Gasteiger partial charge in [0.15, 0.2) is 0 Å². The van der Waals surface area contributed by atoms with Crippen molar-refractivity contribution in [3.63, 3.8) is 0 Å². The third-order valence-electron chi connectivity index (χ3n) is 3.11. The summed E-state index contributed by atoms with van der Waals surface area (Å²) in [5.74, 6) is 0.619. The first-order chi connectivity index (χ1) is 12.5. The SMILES string of the molecule is C.C=C(OC(C)(C)C)O[Si](C)(C)C(C)(C)C.CC(=O)OC(C)(C)C.[2H]C([3H])CSCl. The highest BCUT2D eigenvalue weighted by Crippen LogP contribution is 2.38. The molecule has 0 heterocycles. The summed E-state index contributed by atoms with van der Waals surface area (Å²) in [4.78, 5) is 10.2. The maximum absolute atomic E-state index is 10.2. The van der Waals surface area contributed by atoms with Gasteiger partial charge in [-0.05, 0) is 76.9 Å². The summed E-state index contributed by atoms with van der Waals surface area (Å²) in [5.41, 5.74) is -0.564. The van der Waals surface area contributed by atoms with E-state index >= 15 is 0 Å². The van der Waals surface area contributed by atoms with Crippen molar-refractivity contribution in [3.8, 4) is 0 Å². The highest BCUT2D eigenvalue weighted by Gasteiger charge is 2.40. The maximum atomic E-state index is 10.2. The van der Waals surface area contributed by atoms with Crippen molar-refractivity contribution in [2.24, 2.45) is 0 Å². The van der Waals surface area contributed by atoms with Gasteiger partial charge in [-0.25, -0.2) is 0 Å². The summed E-state index contributed by atoms with van der Waals surface area (Å²) in [7, 11) is 4.29. The second-order valence-electron chi connectivity index (χ2n) is 9.43. The molecule has 1 atom stereocenters. The van der Waals surface area contributed by atoms with Gasteiger partial charge in [-0.2, -0.15) is 0 Å². The van der Waals surface area contributed by atoms with E-state index in [0.29, 0.717) is 11.7 Å². The molecule has 0 aliphatic carbocycles. The van der Waals surface area contributed by atoms with Gasteiger partial charge in [0, 0.05) is 15.4 Å². The Hall–Kier alpha value is -0.333. The molecule has 0 saturated carbocycles. The zero-order valence-electron chi connectivity index (χ0n) is 21.4. The van der Waals surface area contributed by atoms with Crippen LogP contribution in [0.25, 0.3) is 0 Å². The molecule has 0 N–H and O–H groups in total. The molecule has 0 amide bonds. The van der Waals surface area contributed by atoms with Gasteiger partial charge >= 0.3 is 5.97 Å². The van der Waals surface area contributed by atoms with E-state index in [1.807, 2.05) is 41.5 Å². The molecule has 28 heavy (non-hydrogen) atoms. The topological polar surface area (TPSA) is 44.8 Å². The number of esters is 1. The van der Waals surface area contributed by atoms with Crippen LogP contribution < -0.4 is 0 Å². The third-order valence-corrected chi connectivity index (χ3v) is 7.96. The summed E-state index contributed by atoms with van der Waals surface area (Å²) in [6.07, 6.45) is 0. The van der Waals surface area contributed by atoms with E-state index in [4.69, 9.17) is 27.3 Å². The highest BCUT2D eigenvalue weighted by molar-refractivity contribution is 8.21. The van der Waals surface area contributed by atoms with E-state index < -0.39 is 15.2 Å². The highest BCUT2D eigenvalue weighted by atomic mass is 35.7. The van der Waals surface area contributed by atoms with Crippen LogP contribution in [0.3, 0.4) is 0 Å². The molecule has 0 aromatic rings. The molecule has 0 fully saturated rings. The van der Waals surface area contributed by atoms with Gasteiger partial charge in [-0.15, -0.1) is 0 Å².